The summed E-state index contributed by atoms with van der Waals surface area (Å²) in [7, 11) is 0. The summed E-state index contributed by atoms with van der Waals surface area (Å²) in [6, 6.07) is 6.57. The van der Waals surface area contributed by atoms with Gasteiger partial charge in [-0.1, -0.05) is 0 Å². The van der Waals surface area contributed by atoms with Gasteiger partial charge in [-0.05, 0) is 44.9 Å². The van der Waals surface area contributed by atoms with E-state index in [0.717, 1.165) is 18.6 Å². The van der Waals surface area contributed by atoms with Crippen LogP contribution in [0.5, 0.6) is 5.75 Å². The quantitative estimate of drug-likeness (QED) is 0.489. The molecule has 0 amide bonds. The normalized spacial score (nSPS) is 33.4. The second kappa shape index (κ2) is 5.43. The highest BCUT2D eigenvalue weighted by atomic mass is 32.2. The molecule has 3 atom stereocenters. The second-order valence-corrected chi connectivity index (χ2v) is 7.73. The number of benzene rings is 1. The van der Waals surface area contributed by atoms with Crippen molar-refractivity contribution in [3.8, 4) is 11.8 Å². The zero-order valence-electron chi connectivity index (χ0n) is 12.8. The van der Waals surface area contributed by atoms with Crippen LogP contribution in [0.4, 0.5) is 0 Å². The Labute approximate surface area is 134 Å². The van der Waals surface area contributed by atoms with Crippen LogP contribution < -0.4 is 4.74 Å². The Kier molecular flexibility index (Phi) is 3.86. The van der Waals surface area contributed by atoms with E-state index in [1.54, 1.807) is 32.0 Å². The molecule has 1 aromatic rings. The van der Waals surface area contributed by atoms with Gasteiger partial charge in [0.05, 0.1) is 35.7 Å². The minimum atomic E-state index is -0.919. The standard InChI is InChI=1S/C16H20N2O3S/c1-16(2)15(19)14(18(20)7-3-4-8-22-18)12-9-11(10-17)5-6-13(12)21-16/h5-6,9,14-15,19H,3-4,7-8H2,1-2H3. The van der Waals surface area contributed by atoms with Gasteiger partial charge in [0.2, 0.25) is 0 Å². The predicted octanol–water partition coefficient (Wildman–Crippen LogP) is 2.89. The number of rotatable bonds is 1. The first-order valence-electron chi connectivity index (χ1n) is 7.52. The lowest BCUT2D eigenvalue weighted by Crippen LogP contribution is -2.57. The number of hydrogen-bond donors (Lipinski definition) is 1. The van der Waals surface area contributed by atoms with Crippen molar-refractivity contribution in [1.29, 1.82) is 5.26 Å². The molecule has 2 aliphatic rings. The van der Waals surface area contributed by atoms with Gasteiger partial charge in [0.25, 0.3) is 0 Å². The molecule has 0 bridgehead atoms. The molecule has 1 N–H and O–H groups in total. The molecule has 0 aromatic heterocycles. The molecular weight excluding hydrogens is 300 g/mol. The van der Waals surface area contributed by atoms with Gasteiger partial charge in [0, 0.05) is 5.75 Å². The molecule has 5 nitrogen and oxygen atoms in total. The molecular formula is C16H20N2O3S. The van der Waals surface area contributed by atoms with Gasteiger partial charge in [-0.2, -0.15) is 5.26 Å². The summed E-state index contributed by atoms with van der Waals surface area (Å²) in [6.07, 6.45) is 0.965. The average molecular weight is 320 g/mol. The number of quaternary nitrogens is 1. The highest BCUT2D eigenvalue weighted by Crippen LogP contribution is 2.50. The molecule has 0 spiro atoms. The van der Waals surface area contributed by atoms with Crippen LogP contribution >= 0.6 is 11.9 Å². The van der Waals surface area contributed by atoms with Crippen molar-refractivity contribution in [2.24, 2.45) is 0 Å². The zero-order chi connectivity index (χ0) is 16.0. The zero-order valence-corrected chi connectivity index (χ0v) is 13.6. The van der Waals surface area contributed by atoms with Crippen LogP contribution in [-0.4, -0.2) is 33.2 Å². The highest BCUT2D eigenvalue weighted by Gasteiger charge is 2.51. The predicted molar refractivity (Wildman–Crippen MR) is 84.8 cm³/mol. The van der Waals surface area contributed by atoms with Crippen molar-refractivity contribution in [1.82, 2.24) is 0 Å². The van der Waals surface area contributed by atoms with Crippen LogP contribution in [0.15, 0.2) is 18.2 Å². The van der Waals surface area contributed by atoms with Crippen molar-refractivity contribution < 1.29 is 13.9 Å². The molecule has 2 heterocycles. The molecule has 1 aromatic carbocycles. The molecule has 118 valence electrons. The number of nitriles is 1. The molecule has 22 heavy (non-hydrogen) atoms. The molecule has 6 heteroatoms. The second-order valence-electron chi connectivity index (χ2n) is 6.45. The maximum absolute atomic E-state index is 13.3. The summed E-state index contributed by atoms with van der Waals surface area (Å²) in [4.78, 5) is 0. The molecule has 3 unspecified atom stereocenters. The third-order valence-electron chi connectivity index (χ3n) is 4.44. The molecule has 3 rings (SSSR count). The molecule has 0 radical (unpaired) electrons. The van der Waals surface area contributed by atoms with Gasteiger partial charge in [-0.25, -0.2) is 0 Å². The van der Waals surface area contributed by atoms with Crippen LogP contribution in [0, 0.1) is 16.5 Å². The van der Waals surface area contributed by atoms with Gasteiger partial charge in [-0.15, -0.1) is 0 Å². The van der Waals surface area contributed by atoms with E-state index >= 15 is 0 Å². The van der Waals surface area contributed by atoms with Crippen molar-refractivity contribution in [3.63, 3.8) is 0 Å². The minimum Gasteiger partial charge on any atom is -0.620 e. The van der Waals surface area contributed by atoms with Crippen LogP contribution in [-0.2, 0) is 0 Å². The summed E-state index contributed by atoms with van der Waals surface area (Å²) < 4.78 is 5.38. The Hall–Kier alpha value is -1.26. The number of aliphatic hydroxyl groups excluding tert-OH is 1. The number of ether oxygens (including phenoxy) is 1. The Bertz CT molecular complexity index is 620. The van der Waals surface area contributed by atoms with E-state index < -0.39 is 21.8 Å². The average Bonchev–Trinajstić information content (AvgIpc) is 2.48. The van der Waals surface area contributed by atoms with Crippen LogP contribution in [0.3, 0.4) is 0 Å². The Balaban J connectivity index is 2.12. The maximum Gasteiger partial charge on any atom is 0.159 e. The minimum absolute atomic E-state index is 0.471. The third kappa shape index (κ3) is 2.48. The Morgan fingerprint density at radius 1 is 1.45 bits per heavy atom. The van der Waals surface area contributed by atoms with Crippen molar-refractivity contribution in [2.75, 3.05) is 12.3 Å². The lowest BCUT2D eigenvalue weighted by Gasteiger charge is -2.54. The van der Waals surface area contributed by atoms with E-state index in [4.69, 9.17) is 10.00 Å². The summed E-state index contributed by atoms with van der Waals surface area (Å²) in [5, 5.41) is 33.3. The smallest absolute Gasteiger partial charge is 0.159 e. The van der Waals surface area contributed by atoms with Crippen molar-refractivity contribution in [3.05, 3.63) is 34.5 Å². The summed E-state index contributed by atoms with van der Waals surface area (Å²) in [5.74, 6) is 1.39. The fourth-order valence-electron chi connectivity index (χ4n) is 3.20. The van der Waals surface area contributed by atoms with E-state index in [1.165, 1.54) is 11.9 Å². The van der Waals surface area contributed by atoms with Crippen molar-refractivity contribution in [2.45, 2.75) is 44.4 Å². The molecule has 1 fully saturated rings. The molecule has 0 aliphatic carbocycles. The largest absolute Gasteiger partial charge is 0.620 e. The van der Waals surface area contributed by atoms with Gasteiger partial charge < -0.3 is 15.1 Å². The van der Waals surface area contributed by atoms with E-state index in [-0.39, 0.29) is 0 Å². The highest BCUT2D eigenvalue weighted by molar-refractivity contribution is 7.93. The van der Waals surface area contributed by atoms with Gasteiger partial charge in [0.15, 0.2) is 12.1 Å². The lowest BCUT2D eigenvalue weighted by molar-refractivity contribution is -0.788. The fourth-order valence-corrected chi connectivity index (χ4v) is 4.49. The topological polar surface area (TPSA) is 76.3 Å². The SMILES string of the molecule is CC1(C)Oc2ccc(C#N)cc2C([N+]2([O-])CCCCS2)C1O. The number of hydroxylamine groups is 2. The van der Waals surface area contributed by atoms with E-state index in [9.17, 15) is 10.3 Å². The van der Waals surface area contributed by atoms with Crippen LogP contribution in [0.1, 0.15) is 43.9 Å². The molecule has 1 saturated heterocycles. The third-order valence-corrected chi connectivity index (χ3v) is 5.76. The first kappa shape index (κ1) is 15.6. The fraction of sp³-hybridized carbons (Fsp3) is 0.562. The number of fused-ring (bicyclic) bond motifs is 1. The van der Waals surface area contributed by atoms with Crippen molar-refractivity contribution >= 4 is 11.9 Å². The maximum atomic E-state index is 13.3. The van der Waals surface area contributed by atoms with E-state index in [2.05, 4.69) is 6.07 Å². The monoisotopic (exact) mass is 320 g/mol. The van der Waals surface area contributed by atoms with Crippen LogP contribution in [0.25, 0.3) is 0 Å². The summed E-state index contributed by atoms with van der Waals surface area (Å²) >= 11 is 1.34. The van der Waals surface area contributed by atoms with Gasteiger partial charge >= 0.3 is 0 Å². The first-order chi connectivity index (χ1) is 10.4. The first-order valence-corrected chi connectivity index (χ1v) is 8.46. The lowest BCUT2D eigenvalue weighted by atomic mass is 9.85. The summed E-state index contributed by atoms with van der Waals surface area (Å²) in [5.41, 5.74) is 0.294. The number of nitrogens with zero attached hydrogens (tertiary/aromatic N) is 2. The molecule has 0 saturated carbocycles. The number of aliphatic hydroxyl groups is 1. The van der Waals surface area contributed by atoms with E-state index in [1.807, 2.05) is 0 Å². The van der Waals surface area contributed by atoms with Crippen LogP contribution in [0.2, 0.25) is 0 Å². The number of hydrogen-bond acceptors (Lipinski definition) is 5. The van der Waals surface area contributed by atoms with E-state index in [0.29, 0.717) is 23.4 Å². The van der Waals surface area contributed by atoms with Gasteiger partial charge in [-0.3, -0.25) is 4.05 Å². The van der Waals surface area contributed by atoms with Gasteiger partial charge in [0.1, 0.15) is 11.4 Å². The Morgan fingerprint density at radius 2 is 2.23 bits per heavy atom. The summed E-state index contributed by atoms with van der Waals surface area (Å²) in [6.45, 7) is 4.07. The molecule has 2 aliphatic heterocycles. The Morgan fingerprint density at radius 3 is 2.86 bits per heavy atom.